The van der Waals surface area contributed by atoms with Gasteiger partial charge in [-0.1, -0.05) is 12.8 Å². The van der Waals surface area contributed by atoms with E-state index in [0.717, 1.165) is 40.7 Å². The minimum absolute atomic E-state index is 0.136. The largest absolute Gasteiger partial charge is 0.469 e. The van der Waals surface area contributed by atoms with Crippen LogP contribution in [0.1, 0.15) is 36.9 Å². The Labute approximate surface area is 135 Å². The third-order valence-corrected chi connectivity index (χ3v) is 4.51. The number of nitrogens with one attached hydrogen (secondary N) is 1. The molecule has 2 aromatic rings. The van der Waals surface area contributed by atoms with Gasteiger partial charge in [0.15, 0.2) is 0 Å². The first-order valence-electron chi connectivity index (χ1n) is 8.00. The van der Waals surface area contributed by atoms with E-state index in [1.54, 1.807) is 6.07 Å². The Morgan fingerprint density at radius 2 is 2.13 bits per heavy atom. The molecule has 1 aromatic heterocycles. The first-order chi connectivity index (χ1) is 11.1. The predicted molar refractivity (Wildman–Crippen MR) is 88.0 cm³/mol. The second-order valence-electron chi connectivity index (χ2n) is 6.09. The smallest absolute Gasteiger partial charge is 0.310 e. The fraction of sp³-hybridized carbons (Fsp3) is 0.444. The van der Waals surface area contributed by atoms with Crippen molar-refractivity contribution in [2.24, 2.45) is 0 Å². The number of aryl methyl sites for hydroxylation is 1. The number of aromatic nitrogens is 1. The van der Waals surface area contributed by atoms with Gasteiger partial charge in [0.05, 0.1) is 19.0 Å². The van der Waals surface area contributed by atoms with Crippen molar-refractivity contribution in [3.05, 3.63) is 35.3 Å². The summed E-state index contributed by atoms with van der Waals surface area (Å²) in [6, 6.07) is 4.94. The summed E-state index contributed by atoms with van der Waals surface area (Å²) in [6.07, 6.45) is 4.71. The maximum absolute atomic E-state index is 13.7. The molecule has 3 rings (SSSR count). The van der Waals surface area contributed by atoms with E-state index in [1.807, 2.05) is 6.92 Å². The van der Waals surface area contributed by atoms with Crippen LogP contribution in [0.5, 0.6) is 0 Å². The first-order valence-corrected chi connectivity index (χ1v) is 8.00. The minimum atomic E-state index is -0.319. The van der Waals surface area contributed by atoms with Gasteiger partial charge in [-0.15, -0.1) is 0 Å². The van der Waals surface area contributed by atoms with Gasteiger partial charge in [0.25, 0.3) is 0 Å². The first kappa shape index (κ1) is 15.7. The Morgan fingerprint density at radius 1 is 1.39 bits per heavy atom. The molecule has 122 valence electrons. The van der Waals surface area contributed by atoms with Gasteiger partial charge in [0.1, 0.15) is 5.82 Å². The number of carbonyl (C=O) groups excluding carboxylic acids is 1. The summed E-state index contributed by atoms with van der Waals surface area (Å²) in [7, 11) is 1.37. The minimum Gasteiger partial charge on any atom is -0.469 e. The SMILES string of the molecule is COC(=O)Cc1c(C)nc2ccc(F)cc2c1NC1CCCC1. The summed E-state index contributed by atoms with van der Waals surface area (Å²) in [5.74, 6) is -0.623. The highest BCUT2D eigenvalue weighted by Gasteiger charge is 2.21. The number of pyridine rings is 1. The number of hydrogen-bond acceptors (Lipinski definition) is 4. The second-order valence-corrected chi connectivity index (χ2v) is 6.09. The molecule has 23 heavy (non-hydrogen) atoms. The fourth-order valence-electron chi connectivity index (χ4n) is 3.27. The molecule has 0 bridgehead atoms. The normalized spacial score (nSPS) is 15.1. The summed E-state index contributed by atoms with van der Waals surface area (Å²) < 4.78 is 18.5. The lowest BCUT2D eigenvalue weighted by molar-refractivity contribution is -0.139. The van der Waals surface area contributed by atoms with Crippen molar-refractivity contribution in [2.45, 2.75) is 45.1 Å². The van der Waals surface area contributed by atoms with Crippen molar-refractivity contribution < 1.29 is 13.9 Å². The fourth-order valence-corrected chi connectivity index (χ4v) is 3.27. The molecular weight excluding hydrogens is 295 g/mol. The Balaban J connectivity index is 2.13. The van der Waals surface area contributed by atoms with Crippen LogP contribution in [-0.4, -0.2) is 24.1 Å². The van der Waals surface area contributed by atoms with Gasteiger partial charge in [-0.05, 0) is 38.0 Å². The van der Waals surface area contributed by atoms with Crippen molar-refractivity contribution >= 4 is 22.6 Å². The molecule has 1 fully saturated rings. The molecule has 4 nitrogen and oxygen atoms in total. The highest BCUT2D eigenvalue weighted by Crippen LogP contribution is 2.32. The van der Waals surface area contributed by atoms with Gasteiger partial charge in [0, 0.05) is 28.4 Å². The van der Waals surface area contributed by atoms with E-state index < -0.39 is 0 Å². The van der Waals surface area contributed by atoms with Crippen LogP contribution in [0.15, 0.2) is 18.2 Å². The van der Waals surface area contributed by atoms with Gasteiger partial charge in [-0.2, -0.15) is 0 Å². The van der Waals surface area contributed by atoms with E-state index in [1.165, 1.54) is 32.1 Å². The molecule has 0 amide bonds. The van der Waals surface area contributed by atoms with Crippen molar-refractivity contribution in [3.8, 4) is 0 Å². The molecule has 0 saturated heterocycles. The molecule has 0 atom stereocenters. The number of rotatable bonds is 4. The summed E-state index contributed by atoms with van der Waals surface area (Å²) in [4.78, 5) is 16.3. The van der Waals surface area contributed by atoms with Crippen LogP contribution in [0, 0.1) is 12.7 Å². The number of fused-ring (bicyclic) bond motifs is 1. The van der Waals surface area contributed by atoms with E-state index in [9.17, 15) is 9.18 Å². The van der Waals surface area contributed by atoms with E-state index in [2.05, 4.69) is 10.3 Å². The number of nitrogens with zero attached hydrogens (tertiary/aromatic N) is 1. The zero-order valence-electron chi connectivity index (χ0n) is 13.5. The lowest BCUT2D eigenvalue weighted by Crippen LogP contribution is -2.18. The zero-order chi connectivity index (χ0) is 16.4. The average molecular weight is 316 g/mol. The lowest BCUT2D eigenvalue weighted by atomic mass is 10.0. The number of hydrogen-bond donors (Lipinski definition) is 1. The summed E-state index contributed by atoms with van der Waals surface area (Å²) in [5.41, 5.74) is 3.12. The molecule has 0 aliphatic heterocycles. The molecular formula is C18H21FN2O2. The molecule has 5 heteroatoms. The number of methoxy groups -OCH3 is 1. The molecule has 1 N–H and O–H groups in total. The quantitative estimate of drug-likeness (QED) is 0.873. The monoisotopic (exact) mass is 316 g/mol. The number of ether oxygens (including phenoxy) is 1. The maximum Gasteiger partial charge on any atom is 0.310 e. The van der Waals surface area contributed by atoms with Crippen molar-refractivity contribution in [3.63, 3.8) is 0 Å². The Bertz CT molecular complexity index is 739. The van der Waals surface area contributed by atoms with Gasteiger partial charge >= 0.3 is 5.97 Å². The van der Waals surface area contributed by atoms with Crippen LogP contribution in [0.4, 0.5) is 10.1 Å². The number of anilines is 1. The average Bonchev–Trinajstić information content (AvgIpc) is 3.04. The molecule has 0 spiro atoms. The van der Waals surface area contributed by atoms with Crippen LogP contribution in [0.3, 0.4) is 0 Å². The molecule has 0 unspecified atom stereocenters. The van der Waals surface area contributed by atoms with E-state index in [4.69, 9.17) is 4.74 Å². The van der Waals surface area contributed by atoms with Crippen LogP contribution >= 0.6 is 0 Å². The number of halogens is 1. The molecule has 1 heterocycles. The Morgan fingerprint density at radius 3 is 2.83 bits per heavy atom. The standard InChI is InChI=1S/C18H21FN2O2/c1-11-14(10-17(22)23-2)18(21-13-5-3-4-6-13)15-9-12(19)7-8-16(15)20-11/h7-9,13H,3-6,10H2,1-2H3,(H,20,21). The number of carbonyl (C=O) groups is 1. The van der Waals surface area contributed by atoms with Crippen LogP contribution in [0.25, 0.3) is 10.9 Å². The van der Waals surface area contributed by atoms with Crippen LogP contribution < -0.4 is 5.32 Å². The van der Waals surface area contributed by atoms with Crippen molar-refractivity contribution in [1.82, 2.24) is 4.98 Å². The summed E-state index contributed by atoms with van der Waals surface area (Å²) in [6.45, 7) is 1.88. The molecule has 1 aliphatic carbocycles. The second kappa shape index (κ2) is 6.52. The number of esters is 1. The van der Waals surface area contributed by atoms with Crippen LogP contribution in [-0.2, 0) is 16.0 Å². The van der Waals surface area contributed by atoms with E-state index in [0.29, 0.717) is 6.04 Å². The topological polar surface area (TPSA) is 51.2 Å². The lowest BCUT2D eigenvalue weighted by Gasteiger charge is -2.20. The van der Waals surface area contributed by atoms with E-state index in [-0.39, 0.29) is 18.2 Å². The van der Waals surface area contributed by atoms with Gasteiger partial charge in [-0.25, -0.2) is 4.39 Å². The molecule has 1 aromatic carbocycles. The van der Waals surface area contributed by atoms with E-state index >= 15 is 0 Å². The van der Waals surface area contributed by atoms with Crippen molar-refractivity contribution in [2.75, 3.05) is 12.4 Å². The molecule has 1 saturated carbocycles. The predicted octanol–water partition coefficient (Wildman–Crippen LogP) is 3.75. The maximum atomic E-state index is 13.7. The van der Waals surface area contributed by atoms with Gasteiger partial charge in [-0.3, -0.25) is 9.78 Å². The van der Waals surface area contributed by atoms with Crippen LogP contribution in [0.2, 0.25) is 0 Å². The van der Waals surface area contributed by atoms with Gasteiger partial charge in [0.2, 0.25) is 0 Å². The summed E-state index contributed by atoms with van der Waals surface area (Å²) in [5, 5.41) is 4.26. The zero-order valence-corrected chi connectivity index (χ0v) is 13.5. The highest BCUT2D eigenvalue weighted by atomic mass is 19.1. The Kier molecular flexibility index (Phi) is 4.46. The number of benzene rings is 1. The Hall–Kier alpha value is -2.17. The highest BCUT2D eigenvalue weighted by molar-refractivity contribution is 5.95. The third-order valence-electron chi connectivity index (χ3n) is 4.51. The van der Waals surface area contributed by atoms with Gasteiger partial charge < -0.3 is 10.1 Å². The molecule has 0 radical (unpaired) electrons. The van der Waals surface area contributed by atoms with Crippen molar-refractivity contribution in [1.29, 1.82) is 0 Å². The summed E-state index contributed by atoms with van der Waals surface area (Å²) >= 11 is 0. The molecule has 1 aliphatic rings. The third kappa shape index (κ3) is 3.28.